The van der Waals surface area contributed by atoms with E-state index in [1.54, 1.807) is 38.1 Å². The molecular weight excluding hydrogens is 628 g/mol. The molecule has 4 N–H and O–H groups in total. The molecule has 4 aliphatic rings. The summed E-state index contributed by atoms with van der Waals surface area (Å²) in [4.78, 5) is 74.6. The van der Waals surface area contributed by atoms with Gasteiger partial charge in [0.2, 0.25) is 11.8 Å². The highest BCUT2D eigenvalue weighted by Crippen LogP contribution is 2.45. The lowest BCUT2D eigenvalue weighted by molar-refractivity contribution is -0.146. The molecule has 1 aromatic carbocycles. The number of benzene rings is 1. The smallest absolute Gasteiger partial charge is 0.408 e. The van der Waals surface area contributed by atoms with Crippen molar-refractivity contribution in [1.82, 2.24) is 25.4 Å². The number of para-hydroxylation sites is 1. The number of carboxylic acid groups (broad SMARTS) is 1. The molecule has 2 saturated carbocycles. The number of aromatic nitrogens is 1. The summed E-state index contributed by atoms with van der Waals surface area (Å²) in [5.74, 6) is -2.79. The summed E-state index contributed by atoms with van der Waals surface area (Å²) >= 11 is 0. The van der Waals surface area contributed by atoms with Gasteiger partial charge in [-0.2, -0.15) is 0 Å². The number of hydrogen-bond acceptors (Lipinski definition) is 7. The zero-order chi connectivity index (χ0) is 35.1. The van der Waals surface area contributed by atoms with E-state index in [9.17, 15) is 29.1 Å². The molecule has 0 spiro atoms. The molecule has 3 heterocycles. The number of rotatable bonds is 9. The summed E-state index contributed by atoms with van der Waals surface area (Å²) in [5, 5.41) is 18.5. The first-order valence-corrected chi connectivity index (χ1v) is 16.9. The van der Waals surface area contributed by atoms with Crippen LogP contribution in [0.3, 0.4) is 0 Å². The Kier molecular flexibility index (Phi) is 9.12. The van der Waals surface area contributed by atoms with Gasteiger partial charge in [0.1, 0.15) is 23.7 Å². The second-order valence-corrected chi connectivity index (χ2v) is 14.6. The largest absolute Gasteiger partial charge is 0.479 e. The fourth-order valence-electron chi connectivity index (χ4n) is 7.35. The minimum Gasteiger partial charge on any atom is -0.479 e. The minimum atomic E-state index is -1.51. The maximum Gasteiger partial charge on any atom is 0.408 e. The van der Waals surface area contributed by atoms with Crippen LogP contribution in [0.25, 0.3) is 11.1 Å². The fraction of sp³-hybridized carbons (Fsp3) is 0.500. The van der Waals surface area contributed by atoms with Crippen LogP contribution in [0.15, 0.2) is 55.4 Å². The Bertz CT molecular complexity index is 1650. The molecule has 260 valence electrons. The Labute approximate surface area is 285 Å². The summed E-state index contributed by atoms with van der Waals surface area (Å²) in [6, 6.07) is 6.32. The van der Waals surface area contributed by atoms with Gasteiger partial charge in [-0.1, -0.05) is 51.1 Å². The summed E-state index contributed by atoms with van der Waals surface area (Å²) in [5.41, 5.74) is 0.905. The van der Waals surface area contributed by atoms with Crippen LogP contribution in [-0.2, 0) is 25.7 Å². The molecule has 1 saturated heterocycles. The lowest BCUT2D eigenvalue weighted by Crippen LogP contribution is -2.59. The molecular formula is C36H44N6O7. The molecule has 6 rings (SSSR count). The van der Waals surface area contributed by atoms with E-state index < -0.39 is 58.9 Å². The lowest BCUT2D eigenvalue weighted by atomic mass is 9.85. The van der Waals surface area contributed by atoms with E-state index in [1.807, 2.05) is 30.3 Å². The number of anilines is 1. The first-order chi connectivity index (χ1) is 23.3. The number of amides is 5. The van der Waals surface area contributed by atoms with Gasteiger partial charge in [-0.15, -0.1) is 6.58 Å². The Morgan fingerprint density at radius 1 is 1.16 bits per heavy atom. The molecule has 0 bridgehead atoms. The van der Waals surface area contributed by atoms with Crippen molar-refractivity contribution in [3.05, 3.63) is 60.9 Å². The fourth-order valence-corrected chi connectivity index (χ4v) is 7.35. The van der Waals surface area contributed by atoms with Crippen LogP contribution in [0.1, 0.15) is 64.9 Å². The highest BCUT2D eigenvalue weighted by molar-refractivity contribution is 5.99. The summed E-state index contributed by atoms with van der Waals surface area (Å²) in [6.45, 7) is 9.35. The van der Waals surface area contributed by atoms with Crippen LogP contribution < -0.4 is 16.0 Å². The number of alkyl carbamates (subject to hydrolysis) is 1. The van der Waals surface area contributed by atoms with Gasteiger partial charge < -0.3 is 35.6 Å². The molecule has 5 atom stereocenters. The average Bonchev–Trinajstić information content (AvgIpc) is 3.35. The summed E-state index contributed by atoms with van der Waals surface area (Å²) < 4.78 is 5.61. The maximum atomic E-state index is 14.4. The quantitative estimate of drug-likeness (QED) is 0.286. The van der Waals surface area contributed by atoms with E-state index in [-0.39, 0.29) is 38.1 Å². The third kappa shape index (κ3) is 6.70. The number of urea groups is 1. The second-order valence-electron chi connectivity index (χ2n) is 14.6. The third-order valence-electron chi connectivity index (χ3n) is 10.2. The number of carbonyl (C=O) groups is 5. The molecule has 0 radical (unpaired) electrons. The van der Waals surface area contributed by atoms with E-state index in [2.05, 4.69) is 27.5 Å². The maximum absolute atomic E-state index is 14.4. The van der Waals surface area contributed by atoms with Gasteiger partial charge >= 0.3 is 18.1 Å². The number of nitrogens with zero attached hydrogens (tertiary/aromatic N) is 3. The van der Waals surface area contributed by atoms with Crippen molar-refractivity contribution < 1.29 is 33.8 Å². The second kappa shape index (κ2) is 13.2. The minimum absolute atomic E-state index is 0.00113. The zero-order valence-corrected chi connectivity index (χ0v) is 28.1. The summed E-state index contributed by atoms with van der Waals surface area (Å²) in [7, 11) is 0. The third-order valence-corrected chi connectivity index (χ3v) is 10.2. The van der Waals surface area contributed by atoms with Gasteiger partial charge in [0.05, 0.1) is 11.7 Å². The normalized spacial score (nSPS) is 25.5. The Morgan fingerprint density at radius 2 is 1.92 bits per heavy atom. The van der Waals surface area contributed by atoms with Crippen LogP contribution in [0.4, 0.5) is 15.3 Å². The van der Waals surface area contributed by atoms with Crippen LogP contribution >= 0.6 is 0 Å². The topological polar surface area (TPSA) is 170 Å². The van der Waals surface area contributed by atoms with Crippen molar-refractivity contribution in [3.8, 4) is 11.1 Å². The first-order valence-electron chi connectivity index (χ1n) is 16.9. The molecule has 13 nitrogen and oxygen atoms in total. The van der Waals surface area contributed by atoms with Crippen LogP contribution in [0, 0.1) is 11.3 Å². The van der Waals surface area contributed by atoms with Crippen molar-refractivity contribution in [1.29, 1.82) is 0 Å². The van der Waals surface area contributed by atoms with E-state index >= 15 is 0 Å². The van der Waals surface area contributed by atoms with Gasteiger partial charge in [0.15, 0.2) is 0 Å². The van der Waals surface area contributed by atoms with Crippen molar-refractivity contribution >= 4 is 35.6 Å². The van der Waals surface area contributed by atoms with Gasteiger partial charge in [-0.25, -0.2) is 14.4 Å². The number of fused-ring (bicyclic) bond motifs is 1. The van der Waals surface area contributed by atoms with Crippen LogP contribution in [-0.4, -0.2) is 86.1 Å². The molecule has 13 heteroatoms. The molecule has 49 heavy (non-hydrogen) atoms. The number of likely N-dealkylation sites (tertiary alicyclic amines) is 1. The van der Waals surface area contributed by atoms with E-state index in [1.165, 1.54) is 11.0 Å². The molecule has 2 aliphatic carbocycles. The summed E-state index contributed by atoms with van der Waals surface area (Å²) in [6.07, 6.45) is 7.70. The Balaban J connectivity index is 1.28. The first kappa shape index (κ1) is 33.9. The standard InChI is InChI=1S/C36H44N6O7/c1-5-23-17-36(23,32(45)46)40-30(43)27-16-24(20-42(27)31(44)29(35(2,3)4)39-34(48)49-25-12-6-7-13-25)41-19-22-10-8-14-26(28(22)38-33(41)47)21-11-9-15-37-18-21/h5,8-11,14-15,18,23-25,27,29H,1,6-7,12-13,16-17,19-20H2,2-4H3,(H,38,47)(H,39,48)(H,40,43)(H,45,46)/t23-,24?,27?,29-,36-/m1/s1. The Morgan fingerprint density at radius 3 is 2.55 bits per heavy atom. The van der Waals surface area contributed by atoms with E-state index in [4.69, 9.17) is 4.74 Å². The van der Waals surface area contributed by atoms with Crippen molar-refractivity contribution in [2.24, 2.45) is 11.3 Å². The van der Waals surface area contributed by atoms with E-state index in [0.29, 0.717) is 5.69 Å². The molecule has 1 aromatic heterocycles. The number of carbonyl (C=O) groups excluding carboxylic acids is 4. The SMILES string of the molecule is C=C[C@@H]1C[C@]1(NC(=O)C1CC(N2Cc3cccc(-c4cccnc4)c3NC2=O)CN1C(=O)[C@@H](NC(=O)OC1CCCC1)C(C)(C)C)C(=O)O. The molecule has 3 fully saturated rings. The molecule has 2 unspecified atom stereocenters. The van der Waals surface area contributed by atoms with Crippen LogP contribution in [0.5, 0.6) is 0 Å². The van der Waals surface area contributed by atoms with Crippen LogP contribution in [0.2, 0.25) is 0 Å². The predicted octanol–water partition coefficient (Wildman–Crippen LogP) is 4.29. The lowest BCUT2D eigenvalue weighted by Gasteiger charge is -2.36. The van der Waals surface area contributed by atoms with Gasteiger partial charge in [0.25, 0.3) is 0 Å². The van der Waals surface area contributed by atoms with Crippen molar-refractivity contribution in [2.45, 2.75) is 95.6 Å². The molecule has 2 aromatic rings. The highest BCUT2D eigenvalue weighted by Gasteiger charge is 2.61. The van der Waals surface area contributed by atoms with Crippen molar-refractivity contribution in [3.63, 3.8) is 0 Å². The van der Waals surface area contributed by atoms with E-state index in [0.717, 1.165) is 42.4 Å². The molecule has 2 aliphatic heterocycles. The number of hydrogen-bond donors (Lipinski definition) is 4. The number of pyridine rings is 1. The monoisotopic (exact) mass is 672 g/mol. The predicted molar refractivity (Wildman–Crippen MR) is 180 cm³/mol. The van der Waals surface area contributed by atoms with Gasteiger partial charge in [-0.3, -0.25) is 14.6 Å². The number of nitrogens with one attached hydrogen (secondary N) is 3. The number of carboxylic acids is 1. The molecule has 5 amide bonds. The highest BCUT2D eigenvalue weighted by atomic mass is 16.6. The van der Waals surface area contributed by atoms with Gasteiger partial charge in [0, 0.05) is 42.5 Å². The Hall–Kier alpha value is -4.94. The van der Waals surface area contributed by atoms with Gasteiger partial charge in [-0.05, 0) is 55.6 Å². The van der Waals surface area contributed by atoms with Crippen molar-refractivity contribution in [2.75, 3.05) is 11.9 Å². The average molecular weight is 673 g/mol. The number of aliphatic carboxylic acids is 1. The number of ether oxygens (including phenoxy) is 1. The zero-order valence-electron chi connectivity index (χ0n) is 28.1.